The number of urea groups is 2. The van der Waals surface area contributed by atoms with Crippen molar-refractivity contribution in [1.82, 2.24) is 35.2 Å². The molecule has 4 fully saturated rings. The van der Waals surface area contributed by atoms with E-state index >= 15 is 0 Å². The summed E-state index contributed by atoms with van der Waals surface area (Å²) < 4.78 is 6.37. The van der Waals surface area contributed by atoms with Crippen molar-refractivity contribution in [1.29, 1.82) is 0 Å². The Morgan fingerprint density at radius 2 is 1.45 bits per heavy atom. The summed E-state index contributed by atoms with van der Waals surface area (Å²) >= 11 is 0.967. The van der Waals surface area contributed by atoms with Gasteiger partial charge in [0.25, 0.3) is 5.69 Å². The van der Waals surface area contributed by atoms with Gasteiger partial charge >= 0.3 is 29.8 Å². The van der Waals surface area contributed by atoms with E-state index in [1.165, 1.54) is 45.2 Å². The number of nitro benzene ring substituents is 1. The Morgan fingerprint density at radius 3 is 2.05 bits per heavy atom. The Morgan fingerprint density at radius 1 is 0.844 bits per heavy atom. The van der Waals surface area contributed by atoms with Gasteiger partial charge in [-0.2, -0.15) is 5.10 Å². The Kier molecular flexibility index (Phi) is 12.1. The van der Waals surface area contributed by atoms with E-state index in [0.717, 1.165) is 21.7 Å². The fourth-order valence-electron chi connectivity index (χ4n) is 7.92. The minimum Gasteiger partial charge on any atom is -0.450 e. The molecule has 19 nitrogen and oxygen atoms in total. The van der Waals surface area contributed by atoms with Gasteiger partial charge in [-0.3, -0.25) is 39.1 Å². The van der Waals surface area contributed by atoms with Crippen molar-refractivity contribution in [3.05, 3.63) is 148 Å². The molecule has 4 aliphatic heterocycles. The molecule has 8 rings (SSSR count). The summed E-state index contributed by atoms with van der Waals surface area (Å²) in [5.41, 5.74) is 1.99. The number of benzene rings is 4. The van der Waals surface area contributed by atoms with Crippen LogP contribution >= 0.6 is 11.8 Å². The summed E-state index contributed by atoms with van der Waals surface area (Å²) in [5.74, 6) is -4.07. The first kappa shape index (κ1) is 43.1. The van der Waals surface area contributed by atoms with Gasteiger partial charge in [0.05, 0.1) is 24.2 Å². The summed E-state index contributed by atoms with van der Waals surface area (Å²) in [6.07, 6.45) is 0.449. The zero-order valence-electron chi connectivity index (χ0n) is 34.2. The van der Waals surface area contributed by atoms with E-state index < -0.39 is 75.0 Å². The van der Waals surface area contributed by atoms with Crippen molar-refractivity contribution >= 4 is 65.3 Å². The molecule has 4 aliphatic rings. The highest BCUT2D eigenvalue weighted by atomic mass is 32.2. The van der Waals surface area contributed by atoms with Crippen LogP contribution in [0.2, 0.25) is 0 Å². The standard InChI is InChI=1S/C44H41N9O10S/c1-2-48-22-23-49(39(57)38(48)56)42(59)47-33(29-12-6-3-7-13-29)36(54)46-34-37(55)50-27-44(64-40(34)50,41(58)63-35(30-14-8-4-9-15-30)31-16-10-5-11-17-31)51-24-25-52(43(51)60)45-26-28-18-20-32(21-19-28)53(61)62/h3-21,26,33-35,40H,2,22-25,27H2,1H3,(H,46,54)(H,47,59)/t33-,34-,40-,44-/m1/s1. The zero-order valence-corrected chi connectivity index (χ0v) is 35.0. The summed E-state index contributed by atoms with van der Waals surface area (Å²) in [7, 11) is 0. The number of β-lactam (4-membered cyclic amide) rings is 1. The fraction of sp³-hybridized carbons (Fsp3) is 0.273. The van der Waals surface area contributed by atoms with Gasteiger partial charge in [-0.05, 0) is 41.3 Å². The number of piperazine rings is 1. The molecule has 4 atom stereocenters. The maximum absolute atomic E-state index is 15.0. The van der Waals surface area contributed by atoms with Gasteiger partial charge in [0.15, 0.2) is 6.10 Å². The van der Waals surface area contributed by atoms with Gasteiger partial charge in [-0.1, -0.05) is 103 Å². The normalized spacial score (nSPS) is 21.2. The van der Waals surface area contributed by atoms with Gasteiger partial charge in [-0.15, -0.1) is 0 Å². The van der Waals surface area contributed by atoms with Crippen LogP contribution in [0.3, 0.4) is 0 Å². The third kappa shape index (κ3) is 8.21. The van der Waals surface area contributed by atoms with Crippen LogP contribution in [0.15, 0.2) is 120 Å². The number of likely N-dealkylation sites (N-methyl/N-ethyl adjacent to an activating group) is 1. The molecule has 20 heteroatoms. The highest BCUT2D eigenvalue weighted by Gasteiger charge is 2.67. The van der Waals surface area contributed by atoms with Crippen LogP contribution in [0, 0.1) is 10.1 Å². The van der Waals surface area contributed by atoms with Crippen LogP contribution in [0.5, 0.6) is 0 Å². The average Bonchev–Trinajstić information content (AvgIpc) is 3.88. The smallest absolute Gasteiger partial charge is 0.345 e. The minimum atomic E-state index is -1.84. The molecule has 0 aromatic heterocycles. The fourth-order valence-corrected chi connectivity index (χ4v) is 9.60. The lowest BCUT2D eigenvalue weighted by molar-refractivity contribution is -0.384. The lowest BCUT2D eigenvalue weighted by Crippen LogP contribution is -2.68. The molecule has 0 spiro atoms. The number of thioether (sulfide) groups is 1. The van der Waals surface area contributed by atoms with E-state index in [2.05, 4.69) is 15.7 Å². The number of carbonyl (C=O) groups excluding carboxylic acids is 7. The molecule has 4 aromatic rings. The third-order valence-corrected chi connectivity index (χ3v) is 13.0. The van der Waals surface area contributed by atoms with Gasteiger partial charge in [-0.25, -0.2) is 19.4 Å². The molecule has 328 valence electrons. The first-order valence-corrected chi connectivity index (χ1v) is 21.2. The quantitative estimate of drug-likeness (QED) is 0.0495. The number of non-ortho nitro benzene ring substituents is 1. The van der Waals surface area contributed by atoms with E-state index in [1.807, 2.05) is 12.1 Å². The lowest BCUT2D eigenvalue weighted by Gasteiger charge is -2.41. The van der Waals surface area contributed by atoms with Gasteiger partial charge in [0, 0.05) is 38.3 Å². The number of hydrogen-bond donors (Lipinski definition) is 2. The van der Waals surface area contributed by atoms with E-state index in [9.17, 15) is 43.7 Å². The molecular weight excluding hydrogens is 847 g/mol. The number of nitrogens with zero attached hydrogens (tertiary/aromatic N) is 7. The summed E-state index contributed by atoms with van der Waals surface area (Å²) in [6, 6.07) is 27.5. The molecule has 2 N–H and O–H groups in total. The van der Waals surface area contributed by atoms with Crippen molar-refractivity contribution < 1.29 is 43.2 Å². The van der Waals surface area contributed by atoms with E-state index in [4.69, 9.17) is 4.74 Å². The molecule has 4 aromatic carbocycles. The van der Waals surface area contributed by atoms with E-state index in [1.54, 1.807) is 85.8 Å². The number of ether oxygens (including phenoxy) is 1. The second-order valence-electron chi connectivity index (χ2n) is 15.1. The molecular formula is C44H41N9O10S. The van der Waals surface area contributed by atoms with Crippen molar-refractivity contribution in [2.24, 2.45) is 5.10 Å². The van der Waals surface area contributed by atoms with Crippen LogP contribution in [0.1, 0.15) is 41.3 Å². The number of fused-ring (bicyclic) bond motifs is 1. The maximum atomic E-state index is 15.0. The monoisotopic (exact) mass is 887 g/mol. The van der Waals surface area contributed by atoms with Crippen molar-refractivity contribution in [3.63, 3.8) is 0 Å². The number of nitro groups is 1. The van der Waals surface area contributed by atoms with Crippen LogP contribution in [-0.4, -0.2) is 133 Å². The van der Waals surface area contributed by atoms with Crippen molar-refractivity contribution in [2.45, 2.75) is 35.4 Å². The Balaban J connectivity index is 1.06. The topological polar surface area (TPSA) is 224 Å². The van der Waals surface area contributed by atoms with Gasteiger partial charge in [0.2, 0.25) is 16.7 Å². The number of hydrazone groups is 1. The third-order valence-electron chi connectivity index (χ3n) is 11.4. The zero-order chi connectivity index (χ0) is 45.1. The Labute approximate surface area is 370 Å². The molecule has 4 saturated heterocycles. The SMILES string of the molecule is CCN1CCN(C(=O)N[C@@H](C(=O)N[C@@H]2C(=O)N3C[C@@](C(=O)OC(c4ccccc4)c4ccccc4)(N4CCN(N=Cc5ccc([N+](=O)[O-])cc5)C4=O)S[C@H]23)c2ccccc2)C(=O)C1=O. The number of nitrogens with one attached hydrogen (secondary N) is 2. The number of amides is 8. The molecule has 0 radical (unpaired) electrons. The van der Waals surface area contributed by atoms with Gasteiger partial charge in [0.1, 0.15) is 17.5 Å². The Hall–Kier alpha value is -7.61. The summed E-state index contributed by atoms with van der Waals surface area (Å²) in [4.78, 5) is 110. The number of carbonyl (C=O) groups is 7. The first-order chi connectivity index (χ1) is 30.9. The predicted molar refractivity (Wildman–Crippen MR) is 230 cm³/mol. The number of hydrogen-bond acceptors (Lipinski definition) is 12. The second-order valence-corrected chi connectivity index (χ2v) is 16.5. The summed E-state index contributed by atoms with van der Waals surface area (Å²) in [5, 5.41) is 21.0. The molecule has 0 aliphatic carbocycles. The highest BCUT2D eigenvalue weighted by Crippen LogP contribution is 2.51. The van der Waals surface area contributed by atoms with Gasteiger partial charge < -0.3 is 25.2 Å². The van der Waals surface area contributed by atoms with E-state index in [-0.39, 0.29) is 45.0 Å². The molecule has 64 heavy (non-hydrogen) atoms. The largest absolute Gasteiger partial charge is 0.450 e. The molecule has 0 unspecified atom stereocenters. The Bertz CT molecular complexity index is 2480. The van der Waals surface area contributed by atoms with Crippen LogP contribution in [-0.2, 0) is 28.7 Å². The van der Waals surface area contributed by atoms with Crippen molar-refractivity contribution in [3.8, 4) is 0 Å². The molecule has 0 saturated carbocycles. The van der Waals surface area contributed by atoms with Crippen LogP contribution in [0.25, 0.3) is 0 Å². The highest BCUT2D eigenvalue weighted by molar-refractivity contribution is 8.02. The van der Waals surface area contributed by atoms with Crippen LogP contribution in [0.4, 0.5) is 15.3 Å². The lowest BCUT2D eigenvalue weighted by atomic mass is 10.0. The van der Waals surface area contributed by atoms with Crippen molar-refractivity contribution in [2.75, 3.05) is 39.3 Å². The van der Waals surface area contributed by atoms with E-state index in [0.29, 0.717) is 22.3 Å². The maximum Gasteiger partial charge on any atom is 0.345 e. The summed E-state index contributed by atoms with van der Waals surface area (Å²) in [6.45, 7) is 1.74. The number of esters is 1. The number of imide groups is 1. The molecule has 4 heterocycles. The molecule has 8 amide bonds. The van der Waals surface area contributed by atoms with Crippen LogP contribution < -0.4 is 10.6 Å². The predicted octanol–water partition coefficient (Wildman–Crippen LogP) is 3.24. The second kappa shape index (κ2) is 18.0. The average molecular weight is 888 g/mol. The first-order valence-electron chi connectivity index (χ1n) is 20.3. The minimum absolute atomic E-state index is 0.0124. The number of rotatable bonds is 13. The molecule has 0 bridgehead atoms.